The first kappa shape index (κ1) is 24.3. The standard InChI is InChI=1S/C22H22BrClN4O3S/c1-14(29)25-10-4-7-21-26-27-22(28(21)17-6-3-5-16(24)12-17)32-13-19(30)15-8-9-20(31-2)18(23)11-15/h3,5-6,8-9,11-12H,4,7,10,13H2,1-2H3,(H,25,29). The van der Waals surface area contributed by atoms with Crippen molar-refractivity contribution in [1.82, 2.24) is 20.1 Å². The molecule has 0 aliphatic carbocycles. The summed E-state index contributed by atoms with van der Waals surface area (Å²) in [6, 6.07) is 12.6. The normalized spacial score (nSPS) is 10.8. The van der Waals surface area contributed by atoms with Crippen molar-refractivity contribution in [2.45, 2.75) is 24.9 Å². The molecule has 0 saturated heterocycles. The summed E-state index contributed by atoms with van der Waals surface area (Å²) in [6.07, 6.45) is 1.32. The van der Waals surface area contributed by atoms with E-state index in [1.54, 1.807) is 31.4 Å². The van der Waals surface area contributed by atoms with Crippen LogP contribution in [0.2, 0.25) is 5.02 Å². The predicted molar refractivity (Wildman–Crippen MR) is 129 cm³/mol. The van der Waals surface area contributed by atoms with Crippen molar-refractivity contribution in [2.75, 3.05) is 19.4 Å². The number of methoxy groups -OCH3 is 1. The fourth-order valence-corrected chi connectivity index (χ4v) is 4.58. The SMILES string of the molecule is COc1ccc(C(=O)CSc2nnc(CCCNC(C)=O)n2-c2cccc(Cl)c2)cc1Br. The Kier molecular flexibility index (Phi) is 8.72. The van der Waals surface area contributed by atoms with E-state index in [1.807, 2.05) is 22.8 Å². The fourth-order valence-electron chi connectivity index (χ4n) is 2.99. The number of Topliss-reactive ketones (excluding diaryl/α,β-unsaturated/α-hetero) is 1. The molecule has 3 rings (SSSR count). The van der Waals surface area contributed by atoms with Crippen LogP contribution in [0, 0.1) is 0 Å². The van der Waals surface area contributed by atoms with Crippen molar-refractivity contribution in [1.29, 1.82) is 0 Å². The minimum atomic E-state index is -0.0683. The Morgan fingerprint density at radius 3 is 2.72 bits per heavy atom. The highest BCUT2D eigenvalue weighted by molar-refractivity contribution is 9.10. The largest absolute Gasteiger partial charge is 0.496 e. The van der Waals surface area contributed by atoms with Gasteiger partial charge in [0.15, 0.2) is 10.9 Å². The molecule has 1 amide bonds. The Balaban J connectivity index is 1.78. The summed E-state index contributed by atoms with van der Waals surface area (Å²) in [7, 11) is 1.58. The van der Waals surface area contributed by atoms with Crippen LogP contribution >= 0.6 is 39.3 Å². The Hall–Kier alpha value is -2.36. The van der Waals surface area contributed by atoms with Gasteiger partial charge in [0, 0.05) is 30.5 Å². The van der Waals surface area contributed by atoms with E-state index in [0.29, 0.717) is 40.9 Å². The van der Waals surface area contributed by atoms with E-state index >= 15 is 0 Å². The van der Waals surface area contributed by atoms with Crippen LogP contribution in [0.5, 0.6) is 5.75 Å². The van der Waals surface area contributed by atoms with Gasteiger partial charge in [0.1, 0.15) is 11.6 Å². The zero-order valence-electron chi connectivity index (χ0n) is 17.6. The number of ketones is 1. The monoisotopic (exact) mass is 536 g/mol. The van der Waals surface area contributed by atoms with Gasteiger partial charge in [-0.1, -0.05) is 29.4 Å². The Morgan fingerprint density at radius 2 is 2.03 bits per heavy atom. The van der Waals surface area contributed by atoms with Crippen LogP contribution in [-0.2, 0) is 11.2 Å². The summed E-state index contributed by atoms with van der Waals surface area (Å²) in [6.45, 7) is 2.03. The van der Waals surface area contributed by atoms with Crippen LogP contribution in [-0.4, -0.2) is 45.9 Å². The van der Waals surface area contributed by atoms with Gasteiger partial charge in [0.05, 0.1) is 23.0 Å². The van der Waals surface area contributed by atoms with Crippen LogP contribution in [0.3, 0.4) is 0 Å². The first-order chi connectivity index (χ1) is 15.4. The smallest absolute Gasteiger partial charge is 0.216 e. The quantitative estimate of drug-likeness (QED) is 0.228. The van der Waals surface area contributed by atoms with E-state index < -0.39 is 0 Å². The lowest BCUT2D eigenvalue weighted by Crippen LogP contribution is -2.21. The van der Waals surface area contributed by atoms with Gasteiger partial charge in [-0.3, -0.25) is 14.2 Å². The Bertz CT molecular complexity index is 1120. The second-order valence-electron chi connectivity index (χ2n) is 6.86. The predicted octanol–water partition coefficient (Wildman–Crippen LogP) is 4.74. The van der Waals surface area contributed by atoms with E-state index in [0.717, 1.165) is 16.0 Å². The number of carbonyl (C=O) groups excluding carboxylic acids is 2. The lowest BCUT2D eigenvalue weighted by Gasteiger charge is -2.11. The van der Waals surface area contributed by atoms with Gasteiger partial charge in [0.25, 0.3) is 0 Å². The average molecular weight is 538 g/mol. The van der Waals surface area contributed by atoms with Gasteiger partial charge in [-0.2, -0.15) is 0 Å². The number of carbonyl (C=O) groups is 2. The maximum Gasteiger partial charge on any atom is 0.216 e. The number of ether oxygens (including phenoxy) is 1. The van der Waals surface area contributed by atoms with Crippen LogP contribution in [0.4, 0.5) is 0 Å². The third-order valence-corrected chi connectivity index (χ3v) is 6.31. The number of thioether (sulfide) groups is 1. The van der Waals surface area contributed by atoms with E-state index in [9.17, 15) is 9.59 Å². The number of aryl methyl sites for hydroxylation is 1. The molecule has 0 bridgehead atoms. The molecule has 0 aliphatic rings. The third-order valence-electron chi connectivity index (χ3n) is 4.52. The molecule has 0 atom stereocenters. The van der Waals surface area contributed by atoms with Gasteiger partial charge >= 0.3 is 0 Å². The molecule has 10 heteroatoms. The molecule has 7 nitrogen and oxygen atoms in total. The highest BCUT2D eigenvalue weighted by Crippen LogP contribution is 2.28. The van der Waals surface area contributed by atoms with Crippen molar-refractivity contribution < 1.29 is 14.3 Å². The number of rotatable bonds is 10. The van der Waals surface area contributed by atoms with Gasteiger partial charge < -0.3 is 10.1 Å². The molecule has 0 saturated carbocycles. The minimum absolute atomic E-state index is 0.0359. The lowest BCUT2D eigenvalue weighted by atomic mass is 10.1. The Morgan fingerprint density at radius 1 is 1.22 bits per heavy atom. The number of aromatic nitrogens is 3. The van der Waals surface area contributed by atoms with Crippen LogP contribution in [0.1, 0.15) is 29.5 Å². The number of hydrogen-bond donors (Lipinski definition) is 1. The fraction of sp³-hybridized carbons (Fsp3) is 0.273. The highest BCUT2D eigenvalue weighted by atomic mass is 79.9. The molecular formula is C22H22BrClN4O3S. The van der Waals surface area contributed by atoms with Crippen molar-refractivity contribution in [2.24, 2.45) is 0 Å². The second kappa shape index (κ2) is 11.5. The number of nitrogens with zero attached hydrogens (tertiary/aromatic N) is 3. The van der Waals surface area contributed by atoms with E-state index in [1.165, 1.54) is 18.7 Å². The van der Waals surface area contributed by atoms with Gasteiger partial charge in [0.2, 0.25) is 5.91 Å². The average Bonchev–Trinajstić information content (AvgIpc) is 3.17. The molecule has 0 radical (unpaired) electrons. The maximum atomic E-state index is 12.8. The van der Waals surface area contributed by atoms with Crippen molar-refractivity contribution in [3.8, 4) is 11.4 Å². The minimum Gasteiger partial charge on any atom is -0.496 e. The summed E-state index contributed by atoms with van der Waals surface area (Å²) >= 11 is 10.9. The molecule has 0 fully saturated rings. The van der Waals surface area contributed by atoms with E-state index in [2.05, 4.69) is 31.4 Å². The molecule has 168 valence electrons. The third kappa shape index (κ3) is 6.34. The molecule has 0 aliphatic heterocycles. The number of halogens is 2. The zero-order valence-corrected chi connectivity index (χ0v) is 20.8. The summed E-state index contributed by atoms with van der Waals surface area (Å²) in [5.41, 5.74) is 1.40. The van der Waals surface area contributed by atoms with Crippen LogP contribution in [0.25, 0.3) is 5.69 Å². The van der Waals surface area contributed by atoms with E-state index in [-0.39, 0.29) is 17.4 Å². The summed E-state index contributed by atoms with van der Waals surface area (Å²) in [5.74, 6) is 1.50. The Labute approximate surface area is 204 Å². The van der Waals surface area contributed by atoms with Crippen molar-refractivity contribution in [3.05, 3.63) is 63.3 Å². The van der Waals surface area contributed by atoms with E-state index in [4.69, 9.17) is 16.3 Å². The van der Waals surface area contributed by atoms with Gasteiger partial charge in [-0.15, -0.1) is 10.2 Å². The molecule has 32 heavy (non-hydrogen) atoms. The number of benzene rings is 2. The first-order valence-electron chi connectivity index (χ1n) is 9.83. The molecular weight excluding hydrogens is 516 g/mol. The molecule has 1 aromatic heterocycles. The van der Waals surface area contributed by atoms with Gasteiger partial charge in [-0.25, -0.2) is 0 Å². The number of hydrogen-bond acceptors (Lipinski definition) is 6. The number of amides is 1. The summed E-state index contributed by atoms with van der Waals surface area (Å²) < 4.78 is 7.85. The van der Waals surface area contributed by atoms with Crippen molar-refractivity contribution >= 4 is 51.0 Å². The van der Waals surface area contributed by atoms with Crippen LogP contribution in [0.15, 0.2) is 52.1 Å². The molecule has 2 aromatic carbocycles. The molecule has 1 N–H and O–H groups in total. The summed E-state index contributed by atoms with van der Waals surface area (Å²) in [5, 5.41) is 12.6. The second-order valence-corrected chi connectivity index (χ2v) is 9.10. The lowest BCUT2D eigenvalue weighted by molar-refractivity contribution is -0.118. The first-order valence-corrected chi connectivity index (χ1v) is 12.0. The maximum absolute atomic E-state index is 12.8. The molecule has 0 spiro atoms. The van der Waals surface area contributed by atoms with Crippen LogP contribution < -0.4 is 10.1 Å². The summed E-state index contributed by atoms with van der Waals surface area (Å²) in [4.78, 5) is 23.9. The molecule has 3 aromatic rings. The zero-order chi connectivity index (χ0) is 23.1. The van der Waals surface area contributed by atoms with Crippen molar-refractivity contribution in [3.63, 3.8) is 0 Å². The molecule has 0 unspecified atom stereocenters. The van der Waals surface area contributed by atoms with Gasteiger partial charge in [-0.05, 0) is 58.7 Å². The molecule has 1 heterocycles. The highest BCUT2D eigenvalue weighted by Gasteiger charge is 2.17. The number of nitrogens with one attached hydrogen (secondary N) is 1. The topological polar surface area (TPSA) is 86.1 Å².